The number of phenolic OH excluding ortho intramolecular Hbond substituents is 1. The number of para-hydroxylation sites is 2. The molecular weight excluding hydrogens is 252 g/mol. The number of aryl methyl sites for hydroxylation is 1. The molecule has 0 bridgehead atoms. The molecule has 0 aliphatic carbocycles. The summed E-state index contributed by atoms with van der Waals surface area (Å²) in [5.74, 6) is 0.0570. The van der Waals surface area contributed by atoms with Crippen LogP contribution in [0.5, 0.6) is 5.75 Å². The third-order valence-corrected chi connectivity index (χ3v) is 3.09. The van der Waals surface area contributed by atoms with Gasteiger partial charge in [-0.2, -0.15) is 0 Å². The first-order chi connectivity index (χ1) is 9.66. The molecule has 0 saturated heterocycles. The number of phenols is 1. The summed E-state index contributed by atoms with van der Waals surface area (Å²) >= 11 is 0. The number of carbonyl (C=O) groups excluding carboxylic acids is 1. The zero-order valence-electron chi connectivity index (χ0n) is 11.4. The van der Waals surface area contributed by atoms with Gasteiger partial charge in [-0.3, -0.25) is 0 Å². The number of benzene rings is 2. The van der Waals surface area contributed by atoms with Crippen molar-refractivity contribution in [2.45, 2.75) is 13.3 Å². The fourth-order valence-corrected chi connectivity index (χ4v) is 1.95. The van der Waals surface area contributed by atoms with E-state index >= 15 is 0 Å². The molecule has 2 aromatic rings. The Labute approximate surface area is 118 Å². The first kappa shape index (κ1) is 13.9. The second-order valence-corrected chi connectivity index (χ2v) is 4.57. The van der Waals surface area contributed by atoms with Crippen LogP contribution in [-0.4, -0.2) is 17.7 Å². The molecule has 4 heteroatoms. The van der Waals surface area contributed by atoms with Crippen molar-refractivity contribution in [3.05, 3.63) is 59.7 Å². The number of carbonyl (C=O) groups is 1. The summed E-state index contributed by atoms with van der Waals surface area (Å²) in [6, 6.07) is 14.4. The zero-order valence-corrected chi connectivity index (χ0v) is 11.4. The summed E-state index contributed by atoms with van der Waals surface area (Å²) in [5, 5.41) is 14.9. The number of hydrogen-bond donors (Lipinski definition) is 3. The number of nitrogens with one attached hydrogen (secondary N) is 2. The predicted molar refractivity (Wildman–Crippen MR) is 80.0 cm³/mol. The van der Waals surface area contributed by atoms with E-state index in [0.29, 0.717) is 12.2 Å². The molecule has 0 aliphatic heterocycles. The van der Waals surface area contributed by atoms with Gasteiger partial charge < -0.3 is 15.7 Å². The Morgan fingerprint density at radius 2 is 1.80 bits per heavy atom. The van der Waals surface area contributed by atoms with Crippen molar-refractivity contribution < 1.29 is 9.90 Å². The average molecular weight is 270 g/mol. The van der Waals surface area contributed by atoms with Crippen LogP contribution in [0.1, 0.15) is 11.1 Å². The van der Waals surface area contributed by atoms with Crippen molar-refractivity contribution >= 4 is 11.7 Å². The van der Waals surface area contributed by atoms with E-state index in [2.05, 4.69) is 29.7 Å². The van der Waals surface area contributed by atoms with Crippen LogP contribution in [0.15, 0.2) is 48.5 Å². The number of amides is 2. The molecule has 0 aliphatic rings. The van der Waals surface area contributed by atoms with Crippen LogP contribution in [0, 0.1) is 6.92 Å². The minimum absolute atomic E-state index is 0.0570. The van der Waals surface area contributed by atoms with E-state index in [-0.39, 0.29) is 11.8 Å². The number of rotatable bonds is 4. The summed E-state index contributed by atoms with van der Waals surface area (Å²) < 4.78 is 0. The summed E-state index contributed by atoms with van der Waals surface area (Å²) in [4.78, 5) is 11.7. The van der Waals surface area contributed by atoms with E-state index in [0.717, 1.165) is 6.42 Å². The molecule has 2 amide bonds. The van der Waals surface area contributed by atoms with Gasteiger partial charge in [0.05, 0.1) is 5.69 Å². The van der Waals surface area contributed by atoms with Gasteiger partial charge >= 0.3 is 6.03 Å². The lowest BCUT2D eigenvalue weighted by Gasteiger charge is -2.09. The molecular formula is C16H18N2O2. The summed E-state index contributed by atoms with van der Waals surface area (Å²) in [5.41, 5.74) is 2.84. The van der Waals surface area contributed by atoms with Crippen LogP contribution < -0.4 is 10.6 Å². The van der Waals surface area contributed by atoms with Crippen molar-refractivity contribution in [3.8, 4) is 5.75 Å². The van der Waals surface area contributed by atoms with Crippen molar-refractivity contribution in [1.82, 2.24) is 5.32 Å². The standard InChI is InChI=1S/C16H18N2O2/c1-12-6-2-3-7-13(12)10-11-17-16(20)18-14-8-4-5-9-15(14)19/h2-9,19H,10-11H2,1H3,(H2,17,18,20). The van der Waals surface area contributed by atoms with Gasteiger partial charge in [-0.15, -0.1) is 0 Å². The van der Waals surface area contributed by atoms with Crippen LogP contribution in [0.25, 0.3) is 0 Å². The second kappa shape index (κ2) is 6.61. The van der Waals surface area contributed by atoms with Crippen LogP contribution in [-0.2, 0) is 6.42 Å². The van der Waals surface area contributed by atoms with E-state index in [1.54, 1.807) is 18.2 Å². The third kappa shape index (κ3) is 3.75. The Balaban J connectivity index is 1.82. The molecule has 0 spiro atoms. The fourth-order valence-electron chi connectivity index (χ4n) is 1.95. The normalized spacial score (nSPS) is 10.1. The van der Waals surface area contributed by atoms with Gasteiger partial charge in [0, 0.05) is 6.54 Å². The predicted octanol–water partition coefficient (Wildman–Crippen LogP) is 3.06. The van der Waals surface area contributed by atoms with E-state index in [1.165, 1.54) is 17.2 Å². The quantitative estimate of drug-likeness (QED) is 0.748. The minimum atomic E-state index is -0.319. The highest BCUT2D eigenvalue weighted by Gasteiger charge is 2.05. The van der Waals surface area contributed by atoms with Gasteiger partial charge in [-0.25, -0.2) is 4.79 Å². The lowest BCUT2D eigenvalue weighted by atomic mass is 10.1. The smallest absolute Gasteiger partial charge is 0.319 e. The maximum absolute atomic E-state index is 11.7. The first-order valence-electron chi connectivity index (χ1n) is 6.54. The maximum atomic E-state index is 11.7. The topological polar surface area (TPSA) is 61.4 Å². The van der Waals surface area contributed by atoms with Crippen LogP contribution in [0.3, 0.4) is 0 Å². The SMILES string of the molecule is Cc1ccccc1CCNC(=O)Nc1ccccc1O. The summed E-state index contributed by atoms with van der Waals surface area (Å²) in [6.45, 7) is 2.60. The van der Waals surface area contributed by atoms with Crippen molar-refractivity contribution in [1.29, 1.82) is 0 Å². The summed E-state index contributed by atoms with van der Waals surface area (Å²) in [6.07, 6.45) is 0.779. The number of urea groups is 1. The summed E-state index contributed by atoms with van der Waals surface area (Å²) in [7, 11) is 0. The van der Waals surface area contributed by atoms with Gasteiger partial charge in [-0.1, -0.05) is 36.4 Å². The van der Waals surface area contributed by atoms with Gasteiger partial charge in [0.15, 0.2) is 0 Å². The van der Waals surface area contributed by atoms with Crippen LogP contribution >= 0.6 is 0 Å². The number of hydrogen-bond acceptors (Lipinski definition) is 2. The Morgan fingerprint density at radius 3 is 2.55 bits per heavy atom. The molecule has 20 heavy (non-hydrogen) atoms. The van der Waals surface area contributed by atoms with Crippen LogP contribution in [0.4, 0.5) is 10.5 Å². The Hall–Kier alpha value is -2.49. The largest absolute Gasteiger partial charge is 0.506 e. The first-order valence-corrected chi connectivity index (χ1v) is 6.54. The third-order valence-electron chi connectivity index (χ3n) is 3.09. The lowest BCUT2D eigenvalue weighted by Crippen LogP contribution is -2.30. The minimum Gasteiger partial charge on any atom is -0.506 e. The van der Waals surface area contributed by atoms with Crippen LogP contribution in [0.2, 0.25) is 0 Å². The highest BCUT2D eigenvalue weighted by Crippen LogP contribution is 2.21. The van der Waals surface area contributed by atoms with Crippen molar-refractivity contribution in [2.24, 2.45) is 0 Å². The second-order valence-electron chi connectivity index (χ2n) is 4.57. The molecule has 0 heterocycles. The lowest BCUT2D eigenvalue weighted by molar-refractivity contribution is 0.252. The average Bonchev–Trinajstić information content (AvgIpc) is 2.43. The molecule has 0 fully saturated rings. The van der Waals surface area contributed by atoms with Crippen molar-refractivity contribution in [2.75, 3.05) is 11.9 Å². The fraction of sp³-hybridized carbons (Fsp3) is 0.188. The molecule has 0 saturated carbocycles. The highest BCUT2D eigenvalue weighted by atomic mass is 16.3. The molecule has 0 unspecified atom stereocenters. The zero-order chi connectivity index (χ0) is 14.4. The van der Waals surface area contributed by atoms with E-state index in [1.807, 2.05) is 12.1 Å². The maximum Gasteiger partial charge on any atom is 0.319 e. The Kier molecular flexibility index (Phi) is 4.60. The van der Waals surface area contributed by atoms with Gasteiger partial charge in [0.2, 0.25) is 0 Å². The molecule has 0 radical (unpaired) electrons. The molecule has 3 N–H and O–H groups in total. The van der Waals surface area contributed by atoms with Crippen molar-refractivity contribution in [3.63, 3.8) is 0 Å². The molecule has 0 atom stereocenters. The van der Waals surface area contributed by atoms with E-state index in [4.69, 9.17) is 0 Å². The molecule has 2 aromatic carbocycles. The number of aromatic hydroxyl groups is 1. The van der Waals surface area contributed by atoms with E-state index < -0.39 is 0 Å². The van der Waals surface area contributed by atoms with E-state index in [9.17, 15) is 9.90 Å². The Bertz CT molecular complexity index is 597. The molecule has 104 valence electrons. The van der Waals surface area contributed by atoms with Gasteiger partial charge in [0.25, 0.3) is 0 Å². The monoisotopic (exact) mass is 270 g/mol. The molecule has 4 nitrogen and oxygen atoms in total. The number of anilines is 1. The highest BCUT2D eigenvalue weighted by molar-refractivity contribution is 5.90. The molecule has 2 rings (SSSR count). The molecule has 0 aromatic heterocycles. The van der Waals surface area contributed by atoms with Gasteiger partial charge in [-0.05, 0) is 36.6 Å². The van der Waals surface area contributed by atoms with Gasteiger partial charge in [0.1, 0.15) is 5.75 Å². The Morgan fingerprint density at radius 1 is 1.10 bits per heavy atom.